The van der Waals surface area contributed by atoms with Gasteiger partial charge in [0.15, 0.2) is 5.76 Å². The zero-order valence-corrected chi connectivity index (χ0v) is 17.1. The molecule has 0 amide bonds. The highest BCUT2D eigenvalue weighted by Gasteiger charge is 2.21. The maximum atomic E-state index is 11.8. The maximum absolute atomic E-state index is 11.8. The Kier molecular flexibility index (Phi) is 5.10. The SMILES string of the molecule is O=C(O)c1ccccc1-c1ccccc1-c1nc(-c2ccccc2)c(-c2ccccc2)o1. The summed E-state index contributed by atoms with van der Waals surface area (Å²) in [6.07, 6.45) is 0. The number of benzene rings is 4. The Morgan fingerprint density at radius 1 is 0.625 bits per heavy atom. The fourth-order valence-electron chi connectivity index (χ4n) is 3.82. The van der Waals surface area contributed by atoms with Crippen LogP contribution in [0.25, 0.3) is 45.2 Å². The molecule has 1 heterocycles. The quantitative estimate of drug-likeness (QED) is 0.333. The van der Waals surface area contributed by atoms with E-state index in [1.807, 2.05) is 91.0 Å². The van der Waals surface area contributed by atoms with Crippen molar-refractivity contribution in [1.29, 1.82) is 0 Å². The lowest BCUT2D eigenvalue weighted by molar-refractivity contribution is 0.0697. The Labute approximate surface area is 185 Å². The van der Waals surface area contributed by atoms with Crippen LogP contribution in [0.5, 0.6) is 0 Å². The first kappa shape index (κ1) is 19.5. The van der Waals surface area contributed by atoms with E-state index >= 15 is 0 Å². The number of aromatic nitrogens is 1. The first-order valence-electron chi connectivity index (χ1n) is 10.3. The largest absolute Gasteiger partial charge is 0.478 e. The first-order valence-corrected chi connectivity index (χ1v) is 10.3. The van der Waals surface area contributed by atoms with E-state index in [2.05, 4.69) is 0 Å². The lowest BCUT2D eigenvalue weighted by Crippen LogP contribution is -1.99. The van der Waals surface area contributed by atoms with Gasteiger partial charge in [-0.15, -0.1) is 0 Å². The van der Waals surface area contributed by atoms with Crippen molar-refractivity contribution in [1.82, 2.24) is 4.98 Å². The molecule has 4 nitrogen and oxygen atoms in total. The Morgan fingerprint density at radius 2 is 1.16 bits per heavy atom. The summed E-state index contributed by atoms with van der Waals surface area (Å²) >= 11 is 0. The van der Waals surface area contributed by atoms with Crippen molar-refractivity contribution in [2.24, 2.45) is 0 Å². The van der Waals surface area contributed by atoms with E-state index in [1.165, 1.54) is 0 Å². The monoisotopic (exact) mass is 417 g/mol. The topological polar surface area (TPSA) is 63.3 Å². The van der Waals surface area contributed by atoms with E-state index in [0.717, 1.165) is 27.9 Å². The summed E-state index contributed by atoms with van der Waals surface area (Å²) in [7, 11) is 0. The molecule has 0 saturated heterocycles. The van der Waals surface area contributed by atoms with Gasteiger partial charge in [-0.2, -0.15) is 0 Å². The molecular formula is C28H19NO3. The van der Waals surface area contributed by atoms with E-state index in [4.69, 9.17) is 9.40 Å². The highest BCUT2D eigenvalue weighted by atomic mass is 16.4. The molecule has 0 aliphatic heterocycles. The third-order valence-electron chi connectivity index (χ3n) is 5.32. The van der Waals surface area contributed by atoms with Gasteiger partial charge in [-0.1, -0.05) is 97.1 Å². The lowest BCUT2D eigenvalue weighted by atomic mass is 9.95. The van der Waals surface area contributed by atoms with Gasteiger partial charge in [-0.25, -0.2) is 9.78 Å². The van der Waals surface area contributed by atoms with Crippen molar-refractivity contribution in [3.63, 3.8) is 0 Å². The summed E-state index contributed by atoms with van der Waals surface area (Å²) in [6, 6.07) is 34.3. The van der Waals surface area contributed by atoms with E-state index in [0.29, 0.717) is 17.2 Å². The van der Waals surface area contributed by atoms with Crippen LogP contribution >= 0.6 is 0 Å². The predicted molar refractivity (Wildman–Crippen MR) is 125 cm³/mol. The Bertz CT molecular complexity index is 1330. The van der Waals surface area contributed by atoms with Gasteiger partial charge in [0.2, 0.25) is 5.89 Å². The molecule has 0 saturated carbocycles. The molecule has 0 bridgehead atoms. The highest BCUT2D eigenvalue weighted by molar-refractivity contribution is 5.98. The van der Waals surface area contributed by atoms with Crippen molar-refractivity contribution < 1.29 is 14.3 Å². The second-order valence-electron chi connectivity index (χ2n) is 7.33. The Balaban J connectivity index is 1.73. The van der Waals surface area contributed by atoms with Crippen LogP contribution in [0.15, 0.2) is 114 Å². The number of aromatic carboxylic acids is 1. The Hall–Kier alpha value is -4.44. The zero-order chi connectivity index (χ0) is 21.9. The molecule has 0 aliphatic carbocycles. The smallest absolute Gasteiger partial charge is 0.336 e. The van der Waals surface area contributed by atoms with Crippen LogP contribution in [0.1, 0.15) is 10.4 Å². The van der Waals surface area contributed by atoms with Crippen LogP contribution in [-0.2, 0) is 0 Å². The summed E-state index contributed by atoms with van der Waals surface area (Å²) in [5, 5.41) is 9.69. The van der Waals surface area contributed by atoms with Crippen LogP contribution in [0.3, 0.4) is 0 Å². The van der Waals surface area contributed by atoms with E-state index in [1.54, 1.807) is 18.2 Å². The molecule has 0 radical (unpaired) electrons. The van der Waals surface area contributed by atoms with Gasteiger partial charge in [0.1, 0.15) is 5.69 Å². The molecule has 5 aromatic rings. The number of carbonyl (C=O) groups is 1. The standard InChI is InChI=1S/C28H19NO3/c30-28(31)24-18-10-8-16-22(24)21-15-7-9-17-23(21)27-29-25(19-11-3-1-4-12-19)26(32-27)20-13-5-2-6-14-20/h1-18H,(H,30,31). The second-order valence-corrected chi connectivity index (χ2v) is 7.33. The third-order valence-corrected chi connectivity index (χ3v) is 5.32. The second kappa shape index (κ2) is 8.36. The van der Waals surface area contributed by atoms with E-state index in [9.17, 15) is 9.90 Å². The molecule has 154 valence electrons. The van der Waals surface area contributed by atoms with Crippen molar-refractivity contribution in [3.05, 3.63) is 115 Å². The summed E-state index contributed by atoms with van der Waals surface area (Å²) in [5.41, 5.74) is 4.97. The van der Waals surface area contributed by atoms with Crippen LogP contribution in [0.2, 0.25) is 0 Å². The van der Waals surface area contributed by atoms with Crippen LogP contribution in [-0.4, -0.2) is 16.1 Å². The van der Waals surface area contributed by atoms with Crippen LogP contribution < -0.4 is 0 Å². The molecule has 1 aromatic heterocycles. The van der Waals surface area contributed by atoms with Gasteiger partial charge in [-0.3, -0.25) is 0 Å². The van der Waals surface area contributed by atoms with Gasteiger partial charge in [0.05, 0.1) is 5.56 Å². The molecule has 0 atom stereocenters. The number of carboxylic acid groups (broad SMARTS) is 1. The van der Waals surface area contributed by atoms with Crippen molar-refractivity contribution in [2.75, 3.05) is 0 Å². The highest BCUT2D eigenvalue weighted by Crippen LogP contribution is 2.39. The fraction of sp³-hybridized carbons (Fsp3) is 0. The minimum absolute atomic E-state index is 0.234. The van der Waals surface area contributed by atoms with Gasteiger partial charge >= 0.3 is 5.97 Å². The fourth-order valence-corrected chi connectivity index (χ4v) is 3.82. The predicted octanol–water partition coefficient (Wildman–Crippen LogP) is 7.04. The molecule has 1 N–H and O–H groups in total. The molecular weight excluding hydrogens is 398 g/mol. The molecule has 32 heavy (non-hydrogen) atoms. The van der Waals surface area contributed by atoms with Crippen molar-refractivity contribution >= 4 is 5.97 Å². The molecule has 0 unspecified atom stereocenters. The average Bonchev–Trinajstić information content (AvgIpc) is 3.30. The number of hydrogen-bond acceptors (Lipinski definition) is 3. The van der Waals surface area contributed by atoms with Gasteiger partial charge in [0.25, 0.3) is 0 Å². The number of nitrogens with zero attached hydrogens (tertiary/aromatic N) is 1. The van der Waals surface area contributed by atoms with Crippen LogP contribution in [0.4, 0.5) is 0 Å². The molecule has 5 rings (SSSR count). The molecule has 0 aliphatic rings. The van der Waals surface area contributed by atoms with Crippen molar-refractivity contribution in [3.8, 4) is 45.2 Å². The summed E-state index contributed by atoms with van der Waals surface area (Å²) < 4.78 is 6.35. The molecule has 4 aromatic carbocycles. The summed E-state index contributed by atoms with van der Waals surface area (Å²) in [6.45, 7) is 0. The van der Waals surface area contributed by atoms with Crippen molar-refractivity contribution in [2.45, 2.75) is 0 Å². The number of carboxylic acids is 1. The third kappa shape index (κ3) is 3.59. The normalized spacial score (nSPS) is 10.8. The van der Waals surface area contributed by atoms with Gasteiger partial charge in [0, 0.05) is 16.7 Å². The number of rotatable bonds is 5. The first-order chi connectivity index (χ1) is 15.7. The Morgan fingerprint density at radius 3 is 1.81 bits per heavy atom. The zero-order valence-electron chi connectivity index (χ0n) is 17.1. The van der Waals surface area contributed by atoms with E-state index < -0.39 is 5.97 Å². The van der Waals surface area contributed by atoms with E-state index in [-0.39, 0.29) is 5.56 Å². The summed E-state index contributed by atoms with van der Waals surface area (Å²) in [4.78, 5) is 16.7. The average molecular weight is 417 g/mol. The molecule has 0 spiro atoms. The summed E-state index contributed by atoms with van der Waals surface area (Å²) in [5.74, 6) is 0.143. The number of hydrogen-bond donors (Lipinski definition) is 1. The molecule has 0 fully saturated rings. The number of oxazole rings is 1. The van der Waals surface area contributed by atoms with Gasteiger partial charge in [-0.05, 0) is 23.3 Å². The lowest BCUT2D eigenvalue weighted by Gasteiger charge is -2.09. The maximum Gasteiger partial charge on any atom is 0.336 e. The minimum atomic E-state index is -0.974. The minimum Gasteiger partial charge on any atom is -0.478 e. The van der Waals surface area contributed by atoms with Crippen LogP contribution in [0, 0.1) is 0 Å². The molecule has 4 heteroatoms. The van der Waals surface area contributed by atoms with Gasteiger partial charge < -0.3 is 9.52 Å².